The van der Waals surface area contributed by atoms with Crippen LogP contribution < -0.4 is 14.8 Å². The van der Waals surface area contributed by atoms with Crippen LogP contribution in [0.4, 0.5) is 14.5 Å². The molecular formula is C17H13F2NO5. The Kier molecular flexibility index (Phi) is 4.78. The Bertz CT molecular complexity index is 791. The number of fused-ring (bicyclic) bond motifs is 1. The fourth-order valence-electron chi connectivity index (χ4n) is 2.19. The third-order valence-corrected chi connectivity index (χ3v) is 3.26. The van der Waals surface area contributed by atoms with E-state index in [-0.39, 0.29) is 12.3 Å². The number of anilines is 1. The van der Waals surface area contributed by atoms with Crippen LogP contribution >= 0.6 is 0 Å². The maximum atomic E-state index is 13.0. The van der Waals surface area contributed by atoms with Crippen molar-refractivity contribution in [1.29, 1.82) is 0 Å². The molecule has 25 heavy (non-hydrogen) atoms. The van der Waals surface area contributed by atoms with Crippen molar-refractivity contribution < 1.29 is 32.6 Å². The quantitative estimate of drug-likeness (QED) is 0.858. The van der Waals surface area contributed by atoms with Gasteiger partial charge >= 0.3 is 5.97 Å². The zero-order valence-electron chi connectivity index (χ0n) is 12.8. The summed E-state index contributed by atoms with van der Waals surface area (Å²) in [7, 11) is 0. The van der Waals surface area contributed by atoms with Crippen LogP contribution in [0.3, 0.4) is 0 Å². The molecule has 8 heteroatoms. The van der Waals surface area contributed by atoms with E-state index in [0.29, 0.717) is 17.6 Å². The van der Waals surface area contributed by atoms with E-state index in [0.717, 1.165) is 12.1 Å². The number of hydrogen-bond donors (Lipinski definition) is 1. The summed E-state index contributed by atoms with van der Waals surface area (Å²) in [5, 5.41) is 2.23. The fourth-order valence-corrected chi connectivity index (χ4v) is 2.19. The number of hydrogen-bond acceptors (Lipinski definition) is 5. The molecule has 3 rings (SSSR count). The molecule has 0 spiro atoms. The number of esters is 1. The van der Waals surface area contributed by atoms with Crippen molar-refractivity contribution in [3.8, 4) is 11.5 Å². The van der Waals surface area contributed by atoms with Gasteiger partial charge in [-0.05, 0) is 24.3 Å². The number of rotatable bonds is 4. The first-order chi connectivity index (χ1) is 12.0. The van der Waals surface area contributed by atoms with Crippen LogP contribution in [0.15, 0.2) is 42.5 Å². The lowest BCUT2D eigenvalue weighted by Crippen LogP contribution is -2.39. The van der Waals surface area contributed by atoms with Gasteiger partial charge in [-0.15, -0.1) is 0 Å². The number of benzene rings is 2. The monoisotopic (exact) mass is 349 g/mol. The van der Waals surface area contributed by atoms with Gasteiger partial charge in [0.25, 0.3) is 5.91 Å². The van der Waals surface area contributed by atoms with E-state index in [2.05, 4.69) is 5.32 Å². The molecule has 0 saturated heterocycles. The summed E-state index contributed by atoms with van der Waals surface area (Å²) < 4.78 is 41.8. The highest BCUT2D eigenvalue weighted by atomic mass is 19.1. The molecule has 1 atom stereocenters. The molecule has 0 radical (unpaired) electrons. The summed E-state index contributed by atoms with van der Waals surface area (Å²) in [6.07, 6.45) is -1.01. The maximum Gasteiger partial charge on any atom is 0.351 e. The molecule has 1 amide bonds. The Balaban J connectivity index is 1.51. The normalized spacial score (nSPS) is 15.4. The first-order valence-corrected chi connectivity index (χ1v) is 7.32. The highest BCUT2D eigenvalue weighted by Gasteiger charge is 2.29. The van der Waals surface area contributed by atoms with Crippen molar-refractivity contribution >= 4 is 17.6 Å². The molecule has 2 aromatic carbocycles. The van der Waals surface area contributed by atoms with Crippen LogP contribution in [0, 0.1) is 11.6 Å². The highest BCUT2D eigenvalue weighted by Crippen LogP contribution is 2.31. The standard InChI is InChI=1S/C17H13F2NO5/c18-10-5-11(19)7-12(6-10)20-16(21)9-24-17(22)15-8-23-13-3-1-2-4-14(13)25-15/h1-7,15H,8-9H2,(H,20,21)/t15-/m1/s1. The number of carbonyl (C=O) groups is 2. The molecule has 0 saturated carbocycles. The predicted octanol–water partition coefficient (Wildman–Crippen LogP) is 2.29. The Hall–Kier alpha value is -3.16. The third-order valence-electron chi connectivity index (χ3n) is 3.26. The lowest BCUT2D eigenvalue weighted by Gasteiger charge is -2.24. The number of amides is 1. The van der Waals surface area contributed by atoms with Gasteiger partial charge < -0.3 is 19.5 Å². The molecule has 6 nitrogen and oxygen atoms in total. The van der Waals surface area contributed by atoms with Gasteiger partial charge in [-0.1, -0.05) is 12.1 Å². The van der Waals surface area contributed by atoms with Crippen LogP contribution in [-0.2, 0) is 14.3 Å². The van der Waals surface area contributed by atoms with Crippen LogP contribution in [0.5, 0.6) is 11.5 Å². The topological polar surface area (TPSA) is 73.9 Å². The van der Waals surface area contributed by atoms with E-state index >= 15 is 0 Å². The second kappa shape index (κ2) is 7.16. The van der Waals surface area contributed by atoms with Gasteiger partial charge in [-0.3, -0.25) is 4.79 Å². The average Bonchev–Trinajstić information content (AvgIpc) is 2.58. The average molecular weight is 349 g/mol. The molecule has 130 valence electrons. The summed E-state index contributed by atoms with van der Waals surface area (Å²) >= 11 is 0. The summed E-state index contributed by atoms with van der Waals surface area (Å²) in [5.41, 5.74) is -0.0790. The maximum absolute atomic E-state index is 13.0. The molecule has 2 aromatic rings. The molecule has 0 unspecified atom stereocenters. The second-order valence-corrected chi connectivity index (χ2v) is 5.18. The van der Waals surface area contributed by atoms with Crippen molar-refractivity contribution in [3.05, 3.63) is 54.1 Å². The fraction of sp³-hybridized carbons (Fsp3) is 0.176. The minimum Gasteiger partial charge on any atom is -0.485 e. The van der Waals surface area contributed by atoms with E-state index in [4.69, 9.17) is 14.2 Å². The SMILES string of the molecule is O=C(COC(=O)[C@H]1COc2ccccc2O1)Nc1cc(F)cc(F)c1. The summed E-state index contributed by atoms with van der Waals surface area (Å²) in [6, 6.07) is 9.38. The zero-order chi connectivity index (χ0) is 17.8. The molecule has 0 bridgehead atoms. The smallest absolute Gasteiger partial charge is 0.351 e. The Labute approximate surface area is 141 Å². The Morgan fingerprint density at radius 1 is 1.12 bits per heavy atom. The molecule has 1 heterocycles. The van der Waals surface area contributed by atoms with Gasteiger partial charge in [0.1, 0.15) is 18.2 Å². The van der Waals surface area contributed by atoms with Crippen LogP contribution in [-0.4, -0.2) is 31.2 Å². The Morgan fingerprint density at radius 3 is 2.52 bits per heavy atom. The number of nitrogens with one attached hydrogen (secondary N) is 1. The van der Waals surface area contributed by atoms with E-state index in [1.165, 1.54) is 0 Å². The van der Waals surface area contributed by atoms with E-state index in [1.807, 2.05) is 0 Å². The summed E-state index contributed by atoms with van der Waals surface area (Å²) in [4.78, 5) is 23.7. The number of ether oxygens (including phenoxy) is 3. The van der Waals surface area contributed by atoms with Crippen molar-refractivity contribution in [3.63, 3.8) is 0 Å². The van der Waals surface area contributed by atoms with E-state index in [1.54, 1.807) is 24.3 Å². The number of halogens is 2. The van der Waals surface area contributed by atoms with Gasteiger partial charge in [-0.25, -0.2) is 13.6 Å². The summed E-state index contributed by atoms with van der Waals surface area (Å²) in [6.45, 7) is -0.676. The second-order valence-electron chi connectivity index (χ2n) is 5.18. The first kappa shape index (κ1) is 16.7. The molecule has 1 N–H and O–H groups in total. The third kappa shape index (κ3) is 4.23. The van der Waals surface area contributed by atoms with Crippen molar-refractivity contribution in [2.45, 2.75) is 6.10 Å². The van der Waals surface area contributed by atoms with E-state index < -0.39 is 36.2 Å². The molecule has 1 aliphatic rings. The van der Waals surface area contributed by atoms with Gasteiger partial charge in [0.05, 0.1) is 0 Å². The Morgan fingerprint density at radius 2 is 1.80 bits per heavy atom. The van der Waals surface area contributed by atoms with Gasteiger partial charge in [0.15, 0.2) is 18.1 Å². The zero-order valence-corrected chi connectivity index (χ0v) is 12.8. The first-order valence-electron chi connectivity index (χ1n) is 7.32. The molecule has 0 fully saturated rings. The largest absolute Gasteiger partial charge is 0.485 e. The lowest BCUT2D eigenvalue weighted by atomic mass is 10.2. The van der Waals surface area contributed by atoms with Crippen molar-refractivity contribution in [2.24, 2.45) is 0 Å². The van der Waals surface area contributed by atoms with Gasteiger partial charge in [0, 0.05) is 11.8 Å². The molecule has 1 aliphatic heterocycles. The van der Waals surface area contributed by atoms with Crippen LogP contribution in [0.25, 0.3) is 0 Å². The minimum atomic E-state index is -1.01. The van der Waals surface area contributed by atoms with Crippen molar-refractivity contribution in [2.75, 3.05) is 18.5 Å². The number of carbonyl (C=O) groups excluding carboxylic acids is 2. The van der Waals surface area contributed by atoms with Gasteiger partial charge in [-0.2, -0.15) is 0 Å². The molecule has 0 aromatic heterocycles. The van der Waals surface area contributed by atoms with E-state index in [9.17, 15) is 18.4 Å². The van der Waals surface area contributed by atoms with Crippen molar-refractivity contribution in [1.82, 2.24) is 0 Å². The summed E-state index contributed by atoms with van der Waals surface area (Å²) in [5.74, 6) is -2.28. The molecular weight excluding hydrogens is 336 g/mol. The predicted molar refractivity (Wildman–Crippen MR) is 82.3 cm³/mol. The van der Waals surface area contributed by atoms with Gasteiger partial charge in [0.2, 0.25) is 6.10 Å². The number of para-hydroxylation sites is 2. The van der Waals surface area contributed by atoms with Crippen LogP contribution in [0.2, 0.25) is 0 Å². The molecule has 0 aliphatic carbocycles. The van der Waals surface area contributed by atoms with Crippen LogP contribution in [0.1, 0.15) is 0 Å². The highest BCUT2D eigenvalue weighted by molar-refractivity contribution is 5.93. The minimum absolute atomic E-state index is 0.0490. The lowest BCUT2D eigenvalue weighted by molar-refractivity contribution is -0.156.